The molecule has 1 aliphatic rings. The van der Waals surface area contributed by atoms with Gasteiger partial charge in [0.1, 0.15) is 5.82 Å². The van der Waals surface area contributed by atoms with Crippen LogP contribution in [0.1, 0.15) is 18.4 Å². The third kappa shape index (κ3) is 2.80. The second-order valence-electron chi connectivity index (χ2n) is 4.98. The van der Waals surface area contributed by atoms with E-state index in [-0.39, 0.29) is 5.82 Å². The Morgan fingerprint density at radius 3 is 2.89 bits per heavy atom. The van der Waals surface area contributed by atoms with Crippen molar-refractivity contribution in [1.82, 2.24) is 4.90 Å². The van der Waals surface area contributed by atoms with E-state index in [0.29, 0.717) is 11.6 Å². The summed E-state index contributed by atoms with van der Waals surface area (Å²) >= 11 is 0. The number of nitrogens with zero attached hydrogens (tertiary/aromatic N) is 3. The van der Waals surface area contributed by atoms with Crippen LogP contribution in [0.4, 0.5) is 10.1 Å². The molecule has 1 aliphatic heterocycles. The van der Waals surface area contributed by atoms with Gasteiger partial charge >= 0.3 is 0 Å². The van der Waals surface area contributed by atoms with Crippen molar-refractivity contribution in [2.45, 2.75) is 18.9 Å². The maximum absolute atomic E-state index is 13.4. The summed E-state index contributed by atoms with van der Waals surface area (Å²) in [6.45, 7) is 2.10. The minimum atomic E-state index is -0.347. The van der Waals surface area contributed by atoms with Crippen molar-refractivity contribution in [3.05, 3.63) is 29.6 Å². The SMILES string of the molecule is CN1CCCC(N(C)c2cc(F)cc(C#N)c2)C1. The van der Waals surface area contributed by atoms with E-state index in [4.69, 9.17) is 5.26 Å². The highest BCUT2D eigenvalue weighted by Gasteiger charge is 2.21. The van der Waals surface area contributed by atoms with Gasteiger partial charge in [-0.1, -0.05) is 0 Å². The fourth-order valence-corrected chi connectivity index (χ4v) is 2.51. The van der Waals surface area contributed by atoms with Gasteiger partial charge in [-0.2, -0.15) is 5.26 Å². The number of likely N-dealkylation sites (N-methyl/N-ethyl adjacent to an activating group) is 2. The summed E-state index contributed by atoms with van der Waals surface area (Å²) in [5.74, 6) is -0.347. The Balaban J connectivity index is 2.20. The van der Waals surface area contributed by atoms with Crippen molar-refractivity contribution in [2.24, 2.45) is 0 Å². The van der Waals surface area contributed by atoms with E-state index in [0.717, 1.165) is 31.6 Å². The molecule has 0 spiro atoms. The highest BCUT2D eigenvalue weighted by Crippen LogP contribution is 2.23. The Morgan fingerprint density at radius 2 is 2.22 bits per heavy atom. The van der Waals surface area contributed by atoms with E-state index < -0.39 is 0 Å². The van der Waals surface area contributed by atoms with Crippen LogP contribution in [0, 0.1) is 17.1 Å². The lowest BCUT2D eigenvalue weighted by atomic mass is 10.0. The molecule has 0 amide bonds. The monoisotopic (exact) mass is 247 g/mol. The molecule has 0 radical (unpaired) electrons. The number of rotatable bonds is 2. The van der Waals surface area contributed by atoms with Crippen LogP contribution < -0.4 is 4.90 Å². The van der Waals surface area contributed by atoms with Gasteiger partial charge in [-0.3, -0.25) is 0 Å². The molecule has 2 rings (SSSR count). The molecule has 1 saturated heterocycles. The number of halogens is 1. The largest absolute Gasteiger partial charge is 0.370 e. The van der Waals surface area contributed by atoms with E-state index in [1.807, 2.05) is 13.1 Å². The summed E-state index contributed by atoms with van der Waals surface area (Å²) in [6, 6.07) is 6.90. The topological polar surface area (TPSA) is 30.3 Å². The molecule has 1 fully saturated rings. The zero-order valence-electron chi connectivity index (χ0n) is 10.9. The van der Waals surface area contributed by atoms with Gasteiger partial charge in [0.2, 0.25) is 0 Å². The summed E-state index contributed by atoms with van der Waals surface area (Å²) in [5.41, 5.74) is 1.16. The maximum atomic E-state index is 13.4. The first-order valence-corrected chi connectivity index (χ1v) is 6.22. The minimum Gasteiger partial charge on any atom is -0.370 e. The summed E-state index contributed by atoms with van der Waals surface area (Å²) in [5, 5.41) is 8.88. The molecular formula is C14H18FN3. The molecule has 1 aromatic carbocycles. The molecule has 1 heterocycles. The van der Waals surface area contributed by atoms with E-state index in [9.17, 15) is 4.39 Å². The highest BCUT2D eigenvalue weighted by molar-refractivity contribution is 5.52. The van der Waals surface area contributed by atoms with Crippen molar-refractivity contribution in [3.8, 4) is 6.07 Å². The Labute approximate surface area is 107 Å². The first kappa shape index (κ1) is 12.8. The smallest absolute Gasteiger partial charge is 0.126 e. The maximum Gasteiger partial charge on any atom is 0.126 e. The van der Waals surface area contributed by atoms with Crippen LogP contribution in [-0.4, -0.2) is 38.1 Å². The van der Waals surface area contributed by atoms with Crippen molar-refractivity contribution < 1.29 is 4.39 Å². The number of nitriles is 1. The number of likely N-dealkylation sites (tertiary alicyclic amines) is 1. The van der Waals surface area contributed by atoms with Gasteiger partial charge < -0.3 is 9.80 Å². The number of hydrogen-bond acceptors (Lipinski definition) is 3. The van der Waals surface area contributed by atoms with Crippen LogP contribution in [0.25, 0.3) is 0 Å². The van der Waals surface area contributed by atoms with Crippen molar-refractivity contribution in [3.63, 3.8) is 0 Å². The fraction of sp³-hybridized carbons (Fsp3) is 0.500. The highest BCUT2D eigenvalue weighted by atomic mass is 19.1. The molecule has 96 valence electrons. The van der Waals surface area contributed by atoms with Crippen molar-refractivity contribution in [1.29, 1.82) is 5.26 Å². The molecule has 0 aromatic heterocycles. The second-order valence-corrected chi connectivity index (χ2v) is 4.98. The van der Waals surface area contributed by atoms with Crippen LogP contribution in [0.3, 0.4) is 0 Å². The zero-order valence-corrected chi connectivity index (χ0v) is 10.9. The molecule has 0 aliphatic carbocycles. The summed E-state index contributed by atoms with van der Waals surface area (Å²) in [4.78, 5) is 4.37. The fourth-order valence-electron chi connectivity index (χ4n) is 2.51. The first-order chi connectivity index (χ1) is 8.60. The number of piperidine rings is 1. The lowest BCUT2D eigenvalue weighted by Crippen LogP contribution is -2.45. The average Bonchev–Trinajstić information content (AvgIpc) is 2.37. The summed E-state index contributed by atoms with van der Waals surface area (Å²) < 4.78 is 13.4. The Bertz CT molecular complexity index is 467. The predicted molar refractivity (Wildman–Crippen MR) is 70.0 cm³/mol. The van der Waals surface area contributed by atoms with Gasteiger partial charge in [0.25, 0.3) is 0 Å². The predicted octanol–water partition coefficient (Wildman–Crippen LogP) is 2.23. The molecule has 4 heteroatoms. The first-order valence-electron chi connectivity index (χ1n) is 6.22. The van der Waals surface area contributed by atoms with E-state index in [1.54, 1.807) is 6.07 Å². The molecule has 1 atom stereocenters. The van der Waals surface area contributed by atoms with Crippen LogP contribution in [0.15, 0.2) is 18.2 Å². The van der Waals surface area contributed by atoms with Gasteiger partial charge in [0, 0.05) is 25.3 Å². The number of hydrogen-bond donors (Lipinski definition) is 0. The van der Waals surface area contributed by atoms with Gasteiger partial charge in [-0.25, -0.2) is 4.39 Å². The van der Waals surface area contributed by atoms with Crippen LogP contribution >= 0.6 is 0 Å². The Hall–Kier alpha value is -1.60. The molecule has 0 bridgehead atoms. The normalized spacial score (nSPS) is 20.4. The Morgan fingerprint density at radius 1 is 1.44 bits per heavy atom. The molecule has 1 unspecified atom stereocenters. The lowest BCUT2D eigenvalue weighted by molar-refractivity contribution is 0.248. The van der Waals surface area contributed by atoms with Crippen LogP contribution in [0.5, 0.6) is 0 Å². The number of anilines is 1. The van der Waals surface area contributed by atoms with E-state index in [1.165, 1.54) is 12.1 Å². The third-order valence-electron chi connectivity index (χ3n) is 3.57. The molecular weight excluding hydrogens is 229 g/mol. The number of benzene rings is 1. The van der Waals surface area contributed by atoms with Gasteiger partial charge in [-0.05, 0) is 44.6 Å². The molecule has 18 heavy (non-hydrogen) atoms. The summed E-state index contributed by atoms with van der Waals surface area (Å²) in [7, 11) is 4.08. The molecule has 0 saturated carbocycles. The minimum absolute atomic E-state index is 0.347. The van der Waals surface area contributed by atoms with Crippen LogP contribution in [-0.2, 0) is 0 Å². The van der Waals surface area contributed by atoms with E-state index in [2.05, 4.69) is 16.8 Å². The van der Waals surface area contributed by atoms with Gasteiger partial charge in [0.15, 0.2) is 0 Å². The van der Waals surface area contributed by atoms with Crippen molar-refractivity contribution in [2.75, 3.05) is 32.1 Å². The van der Waals surface area contributed by atoms with Crippen molar-refractivity contribution >= 4 is 5.69 Å². The quantitative estimate of drug-likeness (QED) is 0.803. The standard InChI is InChI=1S/C14H18FN3/c1-17-5-3-4-13(10-17)18(2)14-7-11(9-16)6-12(15)8-14/h6-8,13H,3-5,10H2,1-2H3. The molecule has 3 nitrogen and oxygen atoms in total. The average molecular weight is 247 g/mol. The Kier molecular flexibility index (Phi) is 3.83. The van der Waals surface area contributed by atoms with E-state index >= 15 is 0 Å². The third-order valence-corrected chi connectivity index (χ3v) is 3.57. The van der Waals surface area contributed by atoms with Gasteiger partial charge in [-0.15, -0.1) is 0 Å². The van der Waals surface area contributed by atoms with Crippen LogP contribution in [0.2, 0.25) is 0 Å². The van der Waals surface area contributed by atoms with Gasteiger partial charge in [0.05, 0.1) is 11.6 Å². The summed E-state index contributed by atoms with van der Waals surface area (Å²) in [6.07, 6.45) is 2.27. The second kappa shape index (κ2) is 5.36. The zero-order chi connectivity index (χ0) is 13.1. The lowest BCUT2D eigenvalue weighted by Gasteiger charge is -2.37. The molecule has 0 N–H and O–H groups in total. The molecule has 1 aromatic rings.